The molecule has 2 aromatic rings. The molecule has 0 N–H and O–H groups in total. The van der Waals surface area contributed by atoms with E-state index in [1.54, 1.807) is 48.5 Å². The lowest BCUT2D eigenvalue weighted by Crippen LogP contribution is -2.50. The fourth-order valence-electron chi connectivity index (χ4n) is 5.11. The molecule has 9 nitrogen and oxygen atoms in total. The highest BCUT2D eigenvalue weighted by molar-refractivity contribution is 7.89. The van der Waals surface area contributed by atoms with Crippen LogP contribution in [0.15, 0.2) is 41.4 Å². The van der Waals surface area contributed by atoms with Crippen LogP contribution in [-0.2, 0) is 19.6 Å². The fourth-order valence-corrected chi connectivity index (χ4v) is 7.20. The van der Waals surface area contributed by atoms with Crippen LogP contribution in [-0.4, -0.2) is 87.6 Å². The third-order valence-electron chi connectivity index (χ3n) is 6.95. The first kappa shape index (κ1) is 26.4. The van der Waals surface area contributed by atoms with E-state index in [-0.39, 0.29) is 25.2 Å². The lowest BCUT2D eigenvalue weighted by atomic mass is 10.1. The van der Waals surface area contributed by atoms with Crippen LogP contribution in [0.1, 0.15) is 30.4 Å². The molecule has 1 unspecified atom stereocenters. The number of benzene rings is 1. The number of hydrogen-bond acceptors (Lipinski definition) is 7. The van der Waals surface area contributed by atoms with E-state index in [0.29, 0.717) is 47.8 Å². The van der Waals surface area contributed by atoms with E-state index >= 15 is 0 Å². The third kappa shape index (κ3) is 5.82. The minimum Gasteiger partial charge on any atom is -0.497 e. The van der Waals surface area contributed by atoms with Gasteiger partial charge in [-0.15, -0.1) is 0 Å². The number of nitrogens with zero attached hydrogens (tertiary/aromatic N) is 4. The lowest BCUT2D eigenvalue weighted by Gasteiger charge is -2.36. The van der Waals surface area contributed by atoms with Crippen molar-refractivity contribution in [2.24, 2.45) is 0 Å². The monoisotopic (exact) mass is 516 g/mol. The summed E-state index contributed by atoms with van der Waals surface area (Å²) in [7, 11) is -2.14. The van der Waals surface area contributed by atoms with Crippen LogP contribution in [0.3, 0.4) is 0 Å². The molecule has 0 saturated carbocycles. The first-order valence-electron chi connectivity index (χ1n) is 12.5. The van der Waals surface area contributed by atoms with Gasteiger partial charge in [-0.2, -0.15) is 4.31 Å². The van der Waals surface area contributed by atoms with E-state index < -0.39 is 10.0 Å². The van der Waals surface area contributed by atoms with Gasteiger partial charge >= 0.3 is 0 Å². The number of pyridine rings is 1. The molecule has 0 spiro atoms. The summed E-state index contributed by atoms with van der Waals surface area (Å²) >= 11 is 0. The second-order valence-corrected chi connectivity index (χ2v) is 11.3. The quantitative estimate of drug-likeness (QED) is 0.533. The van der Waals surface area contributed by atoms with E-state index in [1.165, 1.54) is 0 Å². The van der Waals surface area contributed by atoms with Crippen molar-refractivity contribution in [3.8, 4) is 5.75 Å². The zero-order valence-electron chi connectivity index (χ0n) is 21.4. The summed E-state index contributed by atoms with van der Waals surface area (Å²) in [5.41, 5.74) is 1.33. The molecule has 0 bridgehead atoms. The molecule has 1 atom stereocenters. The summed E-state index contributed by atoms with van der Waals surface area (Å²) in [5.74, 6) is 1.49. The zero-order valence-corrected chi connectivity index (χ0v) is 22.2. The number of amides is 1. The van der Waals surface area contributed by atoms with Crippen molar-refractivity contribution in [3.05, 3.63) is 47.7 Å². The van der Waals surface area contributed by atoms with Crippen LogP contribution < -0.4 is 9.64 Å². The number of sulfonamides is 1. The molecule has 36 heavy (non-hydrogen) atoms. The maximum absolute atomic E-state index is 13.7. The fraction of sp³-hybridized carbons (Fsp3) is 0.538. The summed E-state index contributed by atoms with van der Waals surface area (Å²) in [4.78, 5) is 21.4. The van der Waals surface area contributed by atoms with Gasteiger partial charge in [0.05, 0.1) is 18.6 Å². The van der Waals surface area contributed by atoms with Crippen molar-refractivity contribution in [2.45, 2.75) is 44.0 Å². The van der Waals surface area contributed by atoms with Gasteiger partial charge in [-0.05, 0) is 62.1 Å². The summed E-state index contributed by atoms with van der Waals surface area (Å²) in [6.45, 7) is 6.86. The van der Waals surface area contributed by atoms with Gasteiger partial charge in [0.15, 0.2) is 0 Å². The van der Waals surface area contributed by atoms with Gasteiger partial charge in [-0.25, -0.2) is 13.4 Å². The third-order valence-corrected chi connectivity index (χ3v) is 9.21. The molecule has 196 valence electrons. The van der Waals surface area contributed by atoms with Crippen molar-refractivity contribution in [2.75, 3.05) is 57.9 Å². The molecular weight excluding hydrogens is 480 g/mol. The predicted octanol–water partition coefficient (Wildman–Crippen LogP) is 2.62. The van der Waals surface area contributed by atoms with Crippen LogP contribution in [0, 0.1) is 13.8 Å². The number of ether oxygens (including phenoxy) is 2. The van der Waals surface area contributed by atoms with Gasteiger partial charge in [0.2, 0.25) is 15.9 Å². The number of aromatic nitrogens is 1. The SMILES string of the molecule is COc1cc(C)c(S(=O)(=O)N2CCCCC2COCC(=O)N2CCN(c3ccccn3)CC2)c(C)c1. The van der Waals surface area contributed by atoms with Crippen LogP contribution >= 0.6 is 0 Å². The minimum atomic E-state index is -3.71. The van der Waals surface area contributed by atoms with Crippen molar-refractivity contribution in [1.29, 1.82) is 0 Å². The molecule has 2 aliphatic rings. The Bertz CT molecular complexity index is 1130. The molecule has 0 radical (unpaired) electrons. The topological polar surface area (TPSA) is 92.3 Å². The largest absolute Gasteiger partial charge is 0.497 e. The highest BCUT2D eigenvalue weighted by atomic mass is 32.2. The molecule has 1 aromatic heterocycles. The Labute approximate surface area is 214 Å². The van der Waals surface area contributed by atoms with E-state index in [1.807, 2.05) is 18.2 Å². The number of methoxy groups -OCH3 is 1. The van der Waals surface area contributed by atoms with Crippen LogP contribution in [0.5, 0.6) is 5.75 Å². The van der Waals surface area contributed by atoms with Gasteiger partial charge in [0, 0.05) is 45.0 Å². The summed E-state index contributed by atoms with van der Waals surface area (Å²) in [6.07, 6.45) is 4.23. The molecule has 1 amide bonds. The molecule has 2 fully saturated rings. The maximum atomic E-state index is 13.7. The first-order valence-corrected chi connectivity index (χ1v) is 13.9. The summed E-state index contributed by atoms with van der Waals surface area (Å²) < 4.78 is 40.0. The van der Waals surface area contributed by atoms with E-state index in [2.05, 4.69) is 9.88 Å². The normalized spacial score (nSPS) is 19.4. The number of aryl methyl sites for hydroxylation is 2. The van der Waals surface area contributed by atoms with Crippen molar-refractivity contribution in [3.63, 3.8) is 0 Å². The number of carbonyl (C=O) groups is 1. The van der Waals surface area contributed by atoms with Crippen molar-refractivity contribution in [1.82, 2.24) is 14.2 Å². The Morgan fingerprint density at radius 1 is 1.06 bits per heavy atom. The zero-order chi connectivity index (χ0) is 25.7. The van der Waals surface area contributed by atoms with E-state index in [4.69, 9.17) is 9.47 Å². The molecule has 4 rings (SSSR count). The summed E-state index contributed by atoms with van der Waals surface area (Å²) in [5, 5.41) is 0. The Balaban J connectivity index is 1.34. The predicted molar refractivity (Wildman–Crippen MR) is 138 cm³/mol. The van der Waals surface area contributed by atoms with Gasteiger partial charge in [-0.3, -0.25) is 4.79 Å². The van der Waals surface area contributed by atoms with Crippen LogP contribution in [0.2, 0.25) is 0 Å². The van der Waals surface area contributed by atoms with E-state index in [9.17, 15) is 13.2 Å². The Kier molecular flexibility index (Phi) is 8.48. The van der Waals surface area contributed by atoms with E-state index in [0.717, 1.165) is 31.7 Å². The lowest BCUT2D eigenvalue weighted by molar-refractivity contribution is -0.137. The van der Waals surface area contributed by atoms with Gasteiger partial charge < -0.3 is 19.3 Å². The second-order valence-electron chi connectivity index (χ2n) is 9.43. The molecule has 2 aliphatic heterocycles. The highest BCUT2D eigenvalue weighted by Gasteiger charge is 2.36. The van der Waals surface area contributed by atoms with Gasteiger partial charge in [0.25, 0.3) is 0 Å². The Hall–Kier alpha value is -2.69. The molecule has 2 saturated heterocycles. The Morgan fingerprint density at radius 2 is 1.78 bits per heavy atom. The minimum absolute atomic E-state index is 0.0471. The van der Waals surface area contributed by atoms with Gasteiger partial charge in [0.1, 0.15) is 18.2 Å². The number of carbonyl (C=O) groups excluding carboxylic acids is 1. The van der Waals surface area contributed by atoms with Crippen LogP contribution in [0.4, 0.5) is 5.82 Å². The maximum Gasteiger partial charge on any atom is 0.248 e. The molecule has 1 aromatic carbocycles. The summed E-state index contributed by atoms with van der Waals surface area (Å²) in [6, 6.07) is 9.03. The highest BCUT2D eigenvalue weighted by Crippen LogP contribution is 2.32. The number of anilines is 1. The van der Waals surface area contributed by atoms with Crippen LogP contribution in [0.25, 0.3) is 0 Å². The van der Waals surface area contributed by atoms with Crippen molar-refractivity contribution >= 4 is 21.7 Å². The van der Waals surface area contributed by atoms with Crippen molar-refractivity contribution < 1.29 is 22.7 Å². The number of rotatable bonds is 8. The molecule has 0 aliphatic carbocycles. The number of hydrogen-bond donors (Lipinski definition) is 0. The number of piperidine rings is 1. The molecule has 3 heterocycles. The second kappa shape index (κ2) is 11.6. The standard InChI is InChI=1S/C26H36N4O5S/c1-20-16-23(34-3)17-21(2)26(20)36(32,33)30-11-7-5-8-22(30)18-35-19-25(31)29-14-12-28(13-15-29)24-9-4-6-10-27-24/h4,6,9-10,16-17,22H,5,7-8,11-15,18-19H2,1-3H3. The van der Waals surface area contributed by atoms with Gasteiger partial charge in [-0.1, -0.05) is 12.5 Å². The Morgan fingerprint density at radius 3 is 2.42 bits per heavy atom. The first-order chi connectivity index (χ1) is 17.3. The molecular formula is C26H36N4O5S. The average Bonchev–Trinajstić information content (AvgIpc) is 2.89. The average molecular weight is 517 g/mol. The smallest absolute Gasteiger partial charge is 0.248 e. The molecule has 10 heteroatoms. The number of piperazine rings is 1.